The van der Waals surface area contributed by atoms with E-state index in [0.29, 0.717) is 17.4 Å². The molecule has 4 nitrogen and oxygen atoms in total. The van der Waals surface area contributed by atoms with E-state index in [1.807, 2.05) is 6.92 Å². The Morgan fingerprint density at radius 1 is 1.58 bits per heavy atom. The fraction of sp³-hybridized carbons (Fsp3) is 0.125. The van der Waals surface area contributed by atoms with Crippen LogP contribution in [-0.4, -0.2) is 16.3 Å². The van der Waals surface area contributed by atoms with Crippen LogP contribution in [0.25, 0.3) is 11.1 Å². The summed E-state index contributed by atoms with van der Waals surface area (Å²) in [5, 5.41) is 0. The maximum absolute atomic E-state index is 10.3. The van der Waals surface area contributed by atoms with Crippen molar-refractivity contribution in [2.75, 3.05) is 0 Å². The van der Waals surface area contributed by atoms with Gasteiger partial charge in [-0.05, 0) is 13.0 Å². The summed E-state index contributed by atoms with van der Waals surface area (Å²) in [5.74, 6) is 0.0948. The van der Waals surface area contributed by atoms with Crippen molar-refractivity contribution in [1.82, 2.24) is 9.97 Å². The zero-order valence-electron chi connectivity index (χ0n) is 6.44. The Hall–Kier alpha value is -1.71. The van der Waals surface area contributed by atoms with Gasteiger partial charge in [-0.1, -0.05) is 0 Å². The molecule has 0 aliphatic carbocycles. The number of fused-ring (bicyclic) bond motifs is 1. The number of nitrogens with zero attached hydrogens (tertiary/aromatic N) is 2. The fourth-order valence-corrected chi connectivity index (χ4v) is 1.00. The molecule has 0 unspecified atom stereocenters. The average molecular weight is 162 g/mol. The molecule has 12 heavy (non-hydrogen) atoms. The van der Waals surface area contributed by atoms with Gasteiger partial charge in [0.1, 0.15) is 5.52 Å². The first-order valence-electron chi connectivity index (χ1n) is 3.48. The number of pyridine rings is 1. The second-order valence-electron chi connectivity index (χ2n) is 2.46. The Bertz CT molecular complexity index is 434. The third-order valence-corrected chi connectivity index (χ3v) is 1.53. The van der Waals surface area contributed by atoms with Gasteiger partial charge >= 0.3 is 0 Å². The highest BCUT2D eigenvalue weighted by Gasteiger charge is 2.03. The van der Waals surface area contributed by atoms with Crippen LogP contribution < -0.4 is 0 Å². The lowest BCUT2D eigenvalue weighted by Crippen LogP contribution is -1.78. The van der Waals surface area contributed by atoms with Gasteiger partial charge in [-0.3, -0.25) is 9.78 Å². The maximum atomic E-state index is 10.3. The lowest BCUT2D eigenvalue weighted by atomic mass is 10.3. The lowest BCUT2D eigenvalue weighted by Gasteiger charge is -1.86. The van der Waals surface area contributed by atoms with Gasteiger partial charge < -0.3 is 4.42 Å². The first kappa shape index (κ1) is 6.97. The van der Waals surface area contributed by atoms with Crippen LogP contribution in [-0.2, 0) is 0 Å². The molecular weight excluding hydrogens is 156 g/mol. The highest BCUT2D eigenvalue weighted by molar-refractivity contribution is 5.78. The molecule has 2 heterocycles. The van der Waals surface area contributed by atoms with Gasteiger partial charge in [-0.25, -0.2) is 4.98 Å². The number of aromatic nitrogens is 2. The molecule has 0 spiro atoms. The zero-order chi connectivity index (χ0) is 8.55. The van der Waals surface area contributed by atoms with Gasteiger partial charge in [0.15, 0.2) is 5.58 Å². The number of rotatable bonds is 1. The van der Waals surface area contributed by atoms with E-state index in [2.05, 4.69) is 9.97 Å². The van der Waals surface area contributed by atoms with Crippen LogP contribution in [0.15, 0.2) is 16.7 Å². The minimum Gasteiger partial charge on any atom is -0.432 e. The molecule has 0 radical (unpaired) electrons. The van der Waals surface area contributed by atoms with Crippen LogP contribution in [0.1, 0.15) is 16.4 Å². The van der Waals surface area contributed by atoms with Crippen molar-refractivity contribution >= 4 is 17.4 Å². The smallest absolute Gasteiger partial charge is 0.260 e. The van der Waals surface area contributed by atoms with E-state index in [1.165, 1.54) is 0 Å². The largest absolute Gasteiger partial charge is 0.432 e. The second-order valence-corrected chi connectivity index (χ2v) is 2.46. The third kappa shape index (κ3) is 0.972. The number of hydrogen-bond acceptors (Lipinski definition) is 4. The topological polar surface area (TPSA) is 56.0 Å². The molecule has 0 saturated carbocycles. The quantitative estimate of drug-likeness (QED) is 0.594. The summed E-state index contributed by atoms with van der Waals surface area (Å²) in [6, 6.07) is 1.77. The van der Waals surface area contributed by atoms with E-state index >= 15 is 0 Å². The highest BCUT2D eigenvalue weighted by Crippen LogP contribution is 2.13. The third-order valence-electron chi connectivity index (χ3n) is 1.53. The van der Waals surface area contributed by atoms with Crippen molar-refractivity contribution < 1.29 is 9.21 Å². The van der Waals surface area contributed by atoms with Crippen LogP contribution in [0.3, 0.4) is 0 Å². The Morgan fingerprint density at radius 3 is 3.17 bits per heavy atom. The minimum atomic E-state index is 0.0948. The summed E-state index contributed by atoms with van der Waals surface area (Å²) >= 11 is 0. The standard InChI is InChI=1S/C8H6N2O2/c1-5-2-6-7(3-9-5)12-8(4-11)10-6/h2-4H,1H3. The molecule has 0 aliphatic rings. The Morgan fingerprint density at radius 2 is 2.42 bits per heavy atom. The molecule has 0 N–H and O–H groups in total. The molecule has 2 rings (SSSR count). The highest BCUT2D eigenvalue weighted by atomic mass is 16.4. The Labute approximate surface area is 68.2 Å². The Kier molecular flexibility index (Phi) is 1.40. The van der Waals surface area contributed by atoms with Crippen molar-refractivity contribution in [3.63, 3.8) is 0 Å². The molecule has 0 aromatic carbocycles. The molecule has 0 saturated heterocycles. The van der Waals surface area contributed by atoms with Crippen LogP contribution in [0.2, 0.25) is 0 Å². The van der Waals surface area contributed by atoms with Crippen molar-refractivity contribution in [3.8, 4) is 0 Å². The first-order chi connectivity index (χ1) is 5.79. The van der Waals surface area contributed by atoms with Crippen molar-refractivity contribution in [3.05, 3.63) is 23.8 Å². The molecule has 0 amide bonds. The average Bonchev–Trinajstić information content (AvgIpc) is 2.46. The number of carbonyl (C=O) groups is 1. The zero-order valence-corrected chi connectivity index (χ0v) is 6.44. The van der Waals surface area contributed by atoms with Crippen LogP contribution in [0.5, 0.6) is 0 Å². The van der Waals surface area contributed by atoms with Crippen LogP contribution in [0.4, 0.5) is 0 Å². The van der Waals surface area contributed by atoms with Crippen molar-refractivity contribution in [2.24, 2.45) is 0 Å². The fourth-order valence-electron chi connectivity index (χ4n) is 1.00. The summed E-state index contributed by atoms with van der Waals surface area (Å²) in [6.45, 7) is 1.86. The van der Waals surface area contributed by atoms with Gasteiger partial charge in [0.25, 0.3) is 5.89 Å². The van der Waals surface area contributed by atoms with E-state index in [1.54, 1.807) is 12.3 Å². The molecule has 0 bridgehead atoms. The van der Waals surface area contributed by atoms with Gasteiger partial charge in [-0.15, -0.1) is 0 Å². The summed E-state index contributed by atoms with van der Waals surface area (Å²) in [4.78, 5) is 18.2. The summed E-state index contributed by atoms with van der Waals surface area (Å²) in [6.07, 6.45) is 2.14. The number of aldehydes is 1. The van der Waals surface area contributed by atoms with Crippen LogP contribution in [0, 0.1) is 6.92 Å². The van der Waals surface area contributed by atoms with E-state index in [0.717, 1.165) is 5.69 Å². The molecule has 2 aromatic rings. The first-order valence-corrected chi connectivity index (χ1v) is 3.48. The number of carbonyl (C=O) groups excluding carboxylic acids is 1. The molecule has 2 aromatic heterocycles. The lowest BCUT2D eigenvalue weighted by molar-refractivity contribution is 0.109. The van der Waals surface area contributed by atoms with E-state index in [-0.39, 0.29) is 5.89 Å². The van der Waals surface area contributed by atoms with E-state index < -0.39 is 0 Å². The van der Waals surface area contributed by atoms with Gasteiger partial charge in [0, 0.05) is 5.69 Å². The SMILES string of the molecule is Cc1cc2nc(C=O)oc2cn1. The molecule has 60 valence electrons. The molecule has 0 aliphatic heterocycles. The predicted molar refractivity (Wildman–Crippen MR) is 41.9 cm³/mol. The molecule has 0 fully saturated rings. The van der Waals surface area contributed by atoms with E-state index in [4.69, 9.17) is 4.42 Å². The minimum absolute atomic E-state index is 0.0948. The maximum Gasteiger partial charge on any atom is 0.260 e. The van der Waals surface area contributed by atoms with Crippen molar-refractivity contribution in [1.29, 1.82) is 0 Å². The summed E-state index contributed by atoms with van der Waals surface area (Å²) < 4.78 is 5.03. The van der Waals surface area contributed by atoms with Crippen molar-refractivity contribution in [2.45, 2.75) is 6.92 Å². The Balaban J connectivity index is 2.75. The normalized spacial score (nSPS) is 10.4. The monoisotopic (exact) mass is 162 g/mol. The summed E-state index contributed by atoms with van der Waals surface area (Å²) in [7, 11) is 0. The number of oxazole rings is 1. The van der Waals surface area contributed by atoms with E-state index in [9.17, 15) is 4.79 Å². The summed E-state index contributed by atoms with van der Waals surface area (Å²) in [5.41, 5.74) is 2.07. The van der Waals surface area contributed by atoms with Gasteiger partial charge in [0.05, 0.1) is 6.20 Å². The van der Waals surface area contributed by atoms with Crippen LogP contribution >= 0.6 is 0 Å². The van der Waals surface area contributed by atoms with Gasteiger partial charge in [0.2, 0.25) is 6.29 Å². The molecule has 4 heteroatoms. The van der Waals surface area contributed by atoms with Gasteiger partial charge in [-0.2, -0.15) is 0 Å². The second kappa shape index (κ2) is 2.41. The number of aryl methyl sites for hydroxylation is 1. The molecule has 0 atom stereocenters. The molecular formula is C8H6N2O2. The predicted octanol–water partition coefficient (Wildman–Crippen LogP) is 1.34. The number of hydrogen-bond donors (Lipinski definition) is 0.